The molecule has 2 nitrogen and oxygen atoms in total. The number of hydrogen-bond donors (Lipinski definition) is 1. The topological polar surface area (TPSA) is 28.7 Å². The maximum Gasteiger partial charge on any atom is 0.416 e. The first-order valence-electron chi connectivity index (χ1n) is 7.03. The fraction of sp³-hybridized carbons (Fsp3) is 0.0556. The molecule has 0 fully saturated rings. The summed E-state index contributed by atoms with van der Waals surface area (Å²) in [6, 6.07) is 8.92. The first-order chi connectivity index (χ1) is 11.8. The van der Waals surface area contributed by atoms with Crippen molar-refractivity contribution >= 4 is 11.6 Å². The van der Waals surface area contributed by atoms with Crippen LogP contribution in [0.5, 0.6) is 0 Å². The van der Waals surface area contributed by atoms with Crippen molar-refractivity contribution in [2.24, 2.45) is 0 Å². The van der Waals surface area contributed by atoms with Gasteiger partial charge in [0, 0.05) is 5.56 Å². The highest BCUT2D eigenvalue weighted by molar-refractivity contribution is 6.33. The Kier molecular flexibility index (Phi) is 4.51. The zero-order valence-corrected chi connectivity index (χ0v) is 13.2. The van der Waals surface area contributed by atoms with Crippen molar-refractivity contribution in [3.63, 3.8) is 0 Å². The molecular formula is C18H9ClF4N2. The van der Waals surface area contributed by atoms with Gasteiger partial charge in [-0.25, -0.2) is 9.37 Å². The molecule has 2 aromatic carbocycles. The van der Waals surface area contributed by atoms with Gasteiger partial charge in [0.15, 0.2) is 0 Å². The smallest absolute Gasteiger partial charge is 0.331 e. The molecule has 1 heterocycles. The van der Waals surface area contributed by atoms with Crippen molar-refractivity contribution in [1.29, 1.82) is 0 Å². The summed E-state index contributed by atoms with van der Waals surface area (Å²) in [7, 11) is 0. The molecule has 3 aromatic rings. The van der Waals surface area contributed by atoms with Crippen molar-refractivity contribution in [2.75, 3.05) is 0 Å². The Morgan fingerprint density at radius 2 is 1.80 bits per heavy atom. The molecule has 0 saturated heterocycles. The van der Waals surface area contributed by atoms with Crippen LogP contribution in [0, 0.1) is 17.7 Å². The summed E-state index contributed by atoms with van der Waals surface area (Å²) >= 11 is 5.96. The molecule has 0 bridgehead atoms. The molecule has 0 atom stereocenters. The number of alkyl halides is 3. The Morgan fingerprint density at radius 3 is 2.52 bits per heavy atom. The number of rotatable bonds is 1. The molecule has 3 rings (SSSR count). The van der Waals surface area contributed by atoms with Gasteiger partial charge >= 0.3 is 6.18 Å². The summed E-state index contributed by atoms with van der Waals surface area (Å²) in [5.41, 5.74) is -0.138. The molecule has 126 valence electrons. The molecule has 0 saturated carbocycles. The predicted molar refractivity (Wildman–Crippen MR) is 86.4 cm³/mol. The number of aromatic amines is 1. The van der Waals surface area contributed by atoms with Gasteiger partial charge in [0.05, 0.1) is 22.3 Å². The number of imidazole rings is 1. The third-order valence-electron chi connectivity index (χ3n) is 3.31. The Labute approximate surface area is 145 Å². The van der Waals surface area contributed by atoms with Crippen LogP contribution in [0.15, 0.2) is 48.7 Å². The quantitative estimate of drug-likeness (QED) is 0.461. The van der Waals surface area contributed by atoms with Gasteiger partial charge in [-0.15, -0.1) is 0 Å². The van der Waals surface area contributed by atoms with Crippen LogP contribution >= 0.6 is 11.6 Å². The number of nitrogens with one attached hydrogen (secondary N) is 1. The van der Waals surface area contributed by atoms with Crippen LogP contribution in [0.25, 0.3) is 11.4 Å². The van der Waals surface area contributed by atoms with Gasteiger partial charge in [-0.3, -0.25) is 0 Å². The summed E-state index contributed by atoms with van der Waals surface area (Å²) in [5.74, 6) is 4.94. The monoisotopic (exact) mass is 364 g/mol. The molecule has 0 radical (unpaired) electrons. The second-order valence-corrected chi connectivity index (χ2v) is 5.48. The van der Waals surface area contributed by atoms with E-state index in [9.17, 15) is 17.6 Å². The number of halogens is 5. The third-order valence-corrected chi connectivity index (χ3v) is 3.62. The van der Waals surface area contributed by atoms with E-state index < -0.39 is 17.6 Å². The Morgan fingerprint density at radius 1 is 1.04 bits per heavy atom. The van der Waals surface area contributed by atoms with Gasteiger partial charge < -0.3 is 4.98 Å². The molecule has 0 aliphatic rings. The highest BCUT2D eigenvalue weighted by Gasteiger charge is 2.30. The van der Waals surface area contributed by atoms with Crippen LogP contribution in [0.1, 0.15) is 16.8 Å². The average molecular weight is 365 g/mol. The van der Waals surface area contributed by atoms with Crippen molar-refractivity contribution in [2.45, 2.75) is 6.18 Å². The third kappa shape index (κ3) is 3.83. The fourth-order valence-corrected chi connectivity index (χ4v) is 2.40. The van der Waals surface area contributed by atoms with E-state index in [0.29, 0.717) is 5.69 Å². The first-order valence-corrected chi connectivity index (χ1v) is 7.41. The van der Waals surface area contributed by atoms with Crippen LogP contribution < -0.4 is 0 Å². The van der Waals surface area contributed by atoms with Gasteiger partial charge in [0.2, 0.25) is 0 Å². The van der Waals surface area contributed by atoms with Crippen molar-refractivity contribution in [3.05, 3.63) is 76.3 Å². The number of hydrogen-bond acceptors (Lipinski definition) is 1. The Hall–Kier alpha value is -2.78. The molecule has 25 heavy (non-hydrogen) atoms. The van der Waals surface area contributed by atoms with Crippen LogP contribution in [-0.4, -0.2) is 9.97 Å². The van der Waals surface area contributed by atoms with Crippen molar-refractivity contribution < 1.29 is 17.6 Å². The summed E-state index contributed by atoms with van der Waals surface area (Å²) in [4.78, 5) is 6.81. The molecular weight excluding hydrogens is 356 g/mol. The lowest BCUT2D eigenvalue weighted by atomic mass is 10.1. The highest BCUT2D eigenvalue weighted by atomic mass is 35.5. The number of aromatic nitrogens is 2. The maximum absolute atomic E-state index is 13.9. The molecule has 7 heteroatoms. The van der Waals surface area contributed by atoms with Crippen molar-refractivity contribution in [3.8, 4) is 23.2 Å². The minimum absolute atomic E-state index is 0.108. The number of nitrogens with zero attached hydrogens (tertiary/aromatic N) is 1. The first kappa shape index (κ1) is 17.1. The second-order valence-electron chi connectivity index (χ2n) is 5.07. The standard InChI is InChI=1S/C18H9ClF4N2/c19-14-5-2-6-15(20)16(14)17-24-10-13(25-17)8-7-11-3-1-4-12(9-11)18(21,22)23/h1-6,9-10H,(H,24,25). The number of benzene rings is 2. The van der Waals surface area contributed by atoms with E-state index in [1.807, 2.05) is 0 Å². The lowest BCUT2D eigenvalue weighted by molar-refractivity contribution is -0.137. The van der Waals surface area contributed by atoms with E-state index >= 15 is 0 Å². The van der Waals surface area contributed by atoms with Gasteiger partial charge in [-0.05, 0) is 36.3 Å². The van der Waals surface area contributed by atoms with Gasteiger partial charge in [-0.2, -0.15) is 13.2 Å². The SMILES string of the molecule is Fc1cccc(Cl)c1-c1ncc(C#Cc2cccc(C(F)(F)F)c2)[nH]1. The summed E-state index contributed by atoms with van der Waals surface area (Å²) < 4.78 is 51.9. The fourth-order valence-electron chi connectivity index (χ4n) is 2.15. The lowest BCUT2D eigenvalue weighted by Gasteiger charge is -2.05. The van der Waals surface area contributed by atoms with Crippen LogP contribution in [-0.2, 0) is 6.18 Å². The van der Waals surface area contributed by atoms with E-state index in [1.54, 1.807) is 0 Å². The predicted octanol–water partition coefficient (Wildman–Crippen LogP) is 5.29. The second kappa shape index (κ2) is 6.61. The maximum atomic E-state index is 13.9. The molecule has 0 spiro atoms. The lowest BCUT2D eigenvalue weighted by Crippen LogP contribution is -2.04. The molecule has 0 aliphatic carbocycles. The molecule has 1 aromatic heterocycles. The van der Waals surface area contributed by atoms with Gasteiger partial charge in [0.1, 0.15) is 17.3 Å². The average Bonchev–Trinajstić information content (AvgIpc) is 3.01. The van der Waals surface area contributed by atoms with Crippen molar-refractivity contribution in [1.82, 2.24) is 9.97 Å². The van der Waals surface area contributed by atoms with E-state index in [4.69, 9.17) is 11.6 Å². The van der Waals surface area contributed by atoms with Crippen LogP contribution in [0.3, 0.4) is 0 Å². The molecule has 0 unspecified atom stereocenters. The van der Waals surface area contributed by atoms with Crippen LogP contribution in [0.4, 0.5) is 17.6 Å². The number of H-pyrrole nitrogens is 1. The highest BCUT2D eigenvalue weighted by Crippen LogP contribution is 2.30. The Balaban J connectivity index is 1.90. The molecule has 0 aliphatic heterocycles. The Bertz CT molecular complexity index is 960. The molecule has 1 N–H and O–H groups in total. The normalized spacial score (nSPS) is 11.1. The zero-order chi connectivity index (χ0) is 18.0. The largest absolute Gasteiger partial charge is 0.416 e. The zero-order valence-electron chi connectivity index (χ0n) is 12.5. The minimum Gasteiger partial charge on any atom is -0.331 e. The van der Waals surface area contributed by atoms with E-state index in [2.05, 4.69) is 21.8 Å². The van der Waals surface area contributed by atoms with E-state index in [0.717, 1.165) is 12.1 Å². The van der Waals surface area contributed by atoms with E-state index in [-0.39, 0.29) is 22.0 Å². The van der Waals surface area contributed by atoms with Gasteiger partial charge in [-0.1, -0.05) is 29.7 Å². The molecule has 0 amide bonds. The summed E-state index contributed by atoms with van der Waals surface area (Å²) in [5, 5.41) is 0.187. The van der Waals surface area contributed by atoms with Gasteiger partial charge in [0.25, 0.3) is 0 Å². The van der Waals surface area contributed by atoms with E-state index in [1.165, 1.54) is 36.5 Å². The van der Waals surface area contributed by atoms with Crippen LogP contribution in [0.2, 0.25) is 5.02 Å². The summed E-state index contributed by atoms with van der Waals surface area (Å²) in [6.07, 6.45) is -3.07. The summed E-state index contributed by atoms with van der Waals surface area (Å²) in [6.45, 7) is 0. The minimum atomic E-state index is -4.43.